The van der Waals surface area contributed by atoms with Crippen molar-refractivity contribution in [1.82, 2.24) is 0 Å². The van der Waals surface area contributed by atoms with Gasteiger partial charge >= 0.3 is 0 Å². The highest BCUT2D eigenvalue weighted by Crippen LogP contribution is 2.46. The number of benzene rings is 3. The first-order valence-corrected chi connectivity index (χ1v) is 14.1. The molecule has 8 atom stereocenters. The van der Waals surface area contributed by atoms with Crippen LogP contribution in [0.2, 0.25) is 0 Å². The Morgan fingerprint density at radius 1 is 0.786 bits per heavy atom. The molecule has 3 aromatic rings. The molecule has 1 amide bonds. The van der Waals surface area contributed by atoms with Crippen LogP contribution in [-0.4, -0.2) is 68.6 Å². The van der Waals surface area contributed by atoms with Crippen molar-refractivity contribution >= 4 is 11.6 Å². The number of halogens is 2. The number of hydrogen-bond donors (Lipinski definition) is 5. The Morgan fingerprint density at radius 3 is 2.00 bits per heavy atom. The van der Waals surface area contributed by atoms with Crippen molar-refractivity contribution in [2.75, 3.05) is 11.5 Å². The molecule has 0 bridgehead atoms. The lowest BCUT2D eigenvalue weighted by Crippen LogP contribution is -2.58. The average Bonchev–Trinajstić information content (AvgIpc) is 3.00. The molecular formula is C32H35F2NO7. The summed E-state index contributed by atoms with van der Waals surface area (Å²) in [5, 5.41) is 50.5. The first-order chi connectivity index (χ1) is 20.2. The second kappa shape index (κ2) is 12.9. The molecule has 5 N–H and O–H groups in total. The fourth-order valence-electron chi connectivity index (χ4n) is 5.90. The van der Waals surface area contributed by atoms with Crippen molar-refractivity contribution in [3.63, 3.8) is 0 Å². The predicted octanol–water partition coefficient (Wildman–Crippen LogP) is 2.96. The molecule has 224 valence electrons. The smallest absolute Gasteiger partial charge is 0.233 e. The fraction of sp³-hybridized carbons (Fsp3) is 0.406. The number of nitrogens with zero attached hydrogens (tertiary/aromatic N) is 1. The molecular weight excluding hydrogens is 548 g/mol. The molecule has 2 fully saturated rings. The van der Waals surface area contributed by atoms with E-state index in [2.05, 4.69) is 0 Å². The number of aliphatic hydroxyl groups is 5. The van der Waals surface area contributed by atoms with E-state index in [0.717, 1.165) is 11.1 Å². The van der Waals surface area contributed by atoms with Gasteiger partial charge in [0, 0.05) is 5.69 Å². The van der Waals surface area contributed by atoms with E-state index < -0.39 is 60.8 Å². The van der Waals surface area contributed by atoms with Crippen LogP contribution in [-0.2, 0) is 16.0 Å². The minimum Gasteiger partial charge on any atom is -0.394 e. The molecule has 0 saturated carbocycles. The Labute approximate surface area is 242 Å². The molecule has 0 radical (unpaired) electrons. The van der Waals surface area contributed by atoms with Crippen LogP contribution in [0.15, 0.2) is 72.8 Å². The van der Waals surface area contributed by atoms with Crippen LogP contribution >= 0.6 is 0 Å². The van der Waals surface area contributed by atoms with Crippen molar-refractivity contribution in [2.45, 2.75) is 68.3 Å². The van der Waals surface area contributed by atoms with Gasteiger partial charge in [-0.25, -0.2) is 8.78 Å². The lowest BCUT2D eigenvalue weighted by molar-refractivity contribution is -0.230. The maximum Gasteiger partial charge on any atom is 0.233 e. The summed E-state index contributed by atoms with van der Waals surface area (Å²) in [4.78, 5) is 14.9. The summed E-state index contributed by atoms with van der Waals surface area (Å²) in [6, 6.07) is 18.6. The zero-order valence-electron chi connectivity index (χ0n) is 22.8. The summed E-state index contributed by atoms with van der Waals surface area (Å²) >= 11 is 0. The van der Waals surface area contributed by atoms with Gasteiger partial charge in [0.05, 0.1) is 30.8 Å². The molecule has 2 aliphatic rings. The molecule has 2 heterocycles. The van der Waals surface area contributed by atoms with Crippen LogP contribution in [0.25, 0.3) is 0 Å². The highest BCUT2D eigenvalue weighted by atomic mass is 19.1. The minimum atomic E-state index is -1.42. The number of aryl methyl sites for hydroxylation is 1. The van der Waals surface area contributed by atoms with Gasteiger partial charge in [-0.3, -0.25) is 4.79 Å². The predicted molar refractivity (Wildman–Crippen MR) is 149 cm³/mol. The highest BCUT2D eigenvalue weighted by Gasteiger charge is 2.48. The van der Waals surface area contributed by atoms with E-state index in [9.17, 15) is 39.1 Å². The van der Waals surface area contributed by atoms with Crippen LogP contribution in [0.5, 0.6) is 0 Å². The van der Waals surface area contributed by atoms with Gasteiger partial charge in [0.2, 0.25) is 5.91 Å². The second-order valence-electron chi connectivity index (χ2n) is 11.0. The first-order valence-electron chi connectivity index (χ1n) is 14.1. The average molecular weight is 584 g/mol. The molecule has 42 heavy (non-hydrogen) atoms. The zero-order chi connectivity index (χ0) is 30.0. The largest absolute Gasteiger partial charge is 0.394 e. The number of carbonyl (C=O) groups excluding carboxylic acids is 1. The number of anilines is 1. The van der Waals surface area contributed by atoms with Crippen molar-refractivity contribution in [2.24, 2.45) is 5.92 Å². The molecule has 0 spiro atoms. The summed E-state index contributed by atoms with van der Waals surface area (Å²) < 4.78 is 32.5. The molecule has 8 unspecified atom stereocenters. The van der Waals surface area contributed by atoms with E-state index in [1.807, 2.05) is 24.3 Å². The molecule has 2 aliphatic heterocycles. The van der Waals surface area contributed by atoms with Gasteiger partial charge in [-0.1, -0.05) is 36.4 Å². The van der Waals surface area contributed by atoms with E-state index in [1.165, 1.54) is 36.4 Å². The lowest BCUT2D eigenvalue weighted by atomic mass is 9.78. The molecule has 0 aromatic heterocycles. The Hall–Kier alpha value is -3.25. The number of rotatable bonds is 10. The van der Waals surface area contributed by atoms with Crippen molar-refractivity contribution in [1.29, 1.82) is 0 Å². The summed E-state index contributed by atoms with van der Waals surface area (Å²) in [7, 11) is 0. The third-order valence-corrected chi connectivity index (χ3v) is 8.35. The summed E-state index contributed by atoms with van der Waals surface area (Å²) in [5.41, 5.74) is 2.90. The van der Waals surface area contributed by atoms with Gasteiger partial charge < -0.3 is 35.2 Å². The van der Waals surface area contributed by atoms with Crippen LogP contribution in [0.4, 0.5) is 14.5 Å². The number of ether oxygens (including phenoxy) is 1. The Bertz CT molecular complexity index is 1340. The van der Waals surface area contributed by atoms with Crippen molar-refractivity contribution in [3.8, 4) is 0 Å². The van der Waals surface area contributed by atoms with Crippen LogP contribution < -0.4 is 4.90 Å². The fourth-order valence-corrected chi connectivity index (χ4v) is 5.90. The van der Waals surface area contributed by atoms with Crippen LogP contribution in [0, 0.1) is 17.6 Å². The van der Waals surface area contributed by atoms with E-state index in [4.69, 9.17) is 4.74 Å². The second-order valence-corrected chi connectivity index (χ2v) is 11.0. The van der Waals surface area contributed by atoms with E-state index in [0.29, 0.717) is 36.9 Å². The maximum atomic E-state index is 13.6. The first kappa shape index (κ1) is 30.2. The number of amides is 1. The van der Waals surface area contributed by atoms with Crippen LogP contribution in [0.1, 0.15) is 48.1 Å². The van der Waals surface area contributed by atoms with Crippen molar-refractivity contribution in [3.05, 3.63) is 101 Å². The molecule has 0 aliphatic carbocycles. The normalized spacial score (nSPS) is 28.4. The standard InChI is InChI=1S/C32H35F2NO7/c33-21-8-6-19(7-9-21)25(37)15-14-24-28(35(32(24)41)23-12-10-22(34)11-13-23)20-4-1-18(2-5-20)3-16-26-29(38)31(40)30(39)27(17-36)42-26/h1-2,4-13,24-31,36-40H,3,14-17H2. The number of β-lactam (4-membered cyclic amide) rings is 1. The topological polar surface area (TPSA) is 131 Å². The highest BCUT2D eigenvalue weighted by molar-refractivity contribution is 6.03. The molecule has 2 saturated heterocycles. The molecule has 3 aromatic carbocycles. The van der Waals surface area contributed by atoms with E-state index in [1.54, 1.807) is 17.0 Å². The zero-order valence-corrected chi connectivity index (χ0v) is 22.8. The monoisotopic (exact) mass is 583 g/mol. The summed E-state index contributed by atoms with van der Waals surface area (Å²) in [6.45, 7) is -0.483. The SMILES string of the molecule is O=C1C(CCC(O)c2ccc(F)cc2)C(c2ccc(CCC3OC(CO)C(O)C(O)C3O)cc2)N1c1ccc(F)cc1. The Kier molecular flexibility index (Phi) is 9.32. The van der Waals surface area contributed by atoms with Gasteiger partial charge in [-0.15, -0.1) is 0 Å². The van der Waals surface area contributed by atoms with E-state index >= 15 is 0 Å². The number of hydrogen-bond acceptors (Lipinski definition) is 7. The van der Waals surface area contributed by atoms with E-state index in [-0.39, 0.29) is 11.9 Å². The molecule has 5 rings (SSSR count). The Morgan fingerprint density at radius 2 is 1.38 bits per heavy atom. The van der Waals surface area contributed by atoms with Gasteiger partial charge in [0.25, 0.3) is 0 Å². The maximum absolute atomic E-state index is 13.6. The van der Waals surface area contributed by atoms with Gasteiger partial charge in [-0.05, 0) is 78.8 Å². The van der Waals surface area contributed by atoms with Gasteiger partial charge in [0.1, 0.15) is 36.1 Å². The third kappa shape index (κ3) is 6.24. The number of carbonyl (C=O) groups is 1. The lowest BCUT2D eigenvalue weighted by Gasteiger charge is -2.48. The third-order valence-electron chi connectivity index (χ3n) is 8.35. The Balaban J connectivity index is 1.29. The van der Waals surface area contributed by atoms with Crippen molar-refractivity contribution < 1.29 is 43.8 Å². The van der Waals surface area contributed by atoms with Gasteiger partial charge in [0.15, 0.2) is 0 Å². The summed E-state index contributed by atoms with van der Waals surface area (Å²) in [6.07, 6.45) is -5.18. The minimum absolute atomic E-state index is 0.135. The quantitative estimate of drug-likeness (QED) is 0.232. The van der Waals surface area contributed by atoms with Gasteiger partial charge in [-0.2, -0.15) is 0 Å². The summed E-state index contributed by atoms with van der Waals surface area (Å²) in [5.74, 6) is -1.37. The molecule has 10 heteroatoms. The number of aliphatic hydroxyl groups excluding tert-OH is 5. The van der Waals surface area contributed by atoms with Crippen LogP contribution in [0.3, 0.4) is 0 Å². The molecule has 8 nitrogen and oxygen atoms in total.